The van der Waals surface area contributed by atoms with Crippen molar-refractivity contribution in [1.29, 1.82) is 0 Å². The molecule has 132 valence electrons. The van der Waals surface area contributed by atoms with Crippen LogP contribution in [0.5, 0.6) is 0 Å². The molecule has 0 aliphatic heterocycles. The Morgan fingerprint density at radius 1 is 0.778 bits per heavy atom. The zero-order valence-corrected chi connectivity index (χ0v) is 15.5. The van der Waals surface area contributed by atoms with Crippen LogP contribution in [0.4, 0.5) is 16.4 Å². The van der Waals surface area contributed by atoms with Crippen molar-refractivity contribution in [2.75, 3.05) is 0 Å². The third kappa shape index (κ3) is 3.91. The Hall–Kier alpha value is -3.38. The molecular weight excluding hydrogens is 354 g/mol. The van der Waals surface area contributed by atoms with Crippen molar-refractivity contribution in [3.63, 3.8) is 0 Å². The molecule has 0 fully saturated rings. The number of pyridine rings is 1. The van der Waals surface area contributed by atoms with Crippen molar-refractivity contribution in [2.45, 2.75) is 6.92 Å². The van der Waals surface area contributed by atoms with Gasteiger partial charge in [0.2, 0.25) is 0 Å². The molecule has 0 saturated carbocycles. The molecule has 2 aromatic heterocycles. The average Bonchev–Trinajstić information content (AvgIpc) is 3.03. The lowest BCUT2D eigenvalue weighted by atomic mass is 10.3. The van der Waals surface area contributed by atoms with E-state index in [0.29, 0.717) is 0 Å². The van der Waals surface area contributed by atoms with Gasteiger partial charge in [0.15, 0.2) is 9.80 Å². The van der Waals surface area contributed by atoms with Gasteiger partial charge < -0.3 is 0 Å². The summed E-state index contributed by atoms with van der Waals surface area (Å²) >= 11 is 1.51. The van der Waals surface area contributed by atoms with E-state index in [1.807, 2.05) is 79.7 Å². The maximum absolute atomic E-state index is 4.81. The van der Waals surface area contributed by atoms with Crippen molar-refractivity contribution in [2.24, 2.45) is 15.2 Å². The standard InChI is InChI=1S/C21H17N5S/c1-16-20(25-24-18-10-6-3-7-11-18)27-21(23-17-8-4-2-5-9-17)26(16)19-12-14-22-15-13-19/h2-15H,1H3. The van der Waals surface area contributed by atoms with E-state index in [-0.39, 0.29) is 0 Å². The fourth-order valence-corrected chi connectivity index (χ4v) is 3.60. The summed E-state index contributed by atoms with van der Waals surface area (Å²) in [5, 5.41) is 9.66. The minimum Gasteiger partial charge on any atom is -0.287 e. The van der Waals surface area contributed by atoms with Gasteiger partial charge in [0.25, 0.3) is 0 Å². The molecule has 0 atom stereocenters. The van der Waals surface area contributed by atoms with E-state index in [1.165, 1.54) is 11.3 Å². The van der Waals surface area contributed by atoms with E-state index in [2.05, 4.69) is 19.8 Å². The highest BCUT2D eigenvalue weighted by atomic mass is 32.1. The van der Waals surface area contributed by atoms with Gasteiger partial charge in [-0.15, -0.1) is 10.2 Å². The van der Waals surface area contributed by atoms with Crippen LogP contribution in [-0.2, 0) is 0 Å². The zero-order chi connectivity index (χ0) is 18.5. The van der Waals surface area contributed by atoms with Gasteiger partial charge in [-0.25, -0.2) is 4.99 Å². The predicted molar refractivity (Wildman–Crippen MR) is 108 cm³/mol. The molecule has 0 unspecified atom stereocenters. The summed E-state index contributed by atoms with van der Waals surface area (Å²) in [6, 6.07) is 23.5. The largest absolute Gasteiger partial charge is 0.287 e. The van der Waals surface area contributed by atoms with Crippen LogP contribution in [0.3, 0.4) is 0 Å². The van der Waals surface area contributed by atoms with Gasteiger partial charge in [-0.05, 0) is 43.3 Å². The summed E-state index contributed by atoms with van der Waals surface area (Å²) < 4.78 is 2.08. The number of hydrogen-bond donors (Lipinski definition) is 0. The Morgan fingerprint density at radius 2 is 1.41 bits per heavy atom. The molecule has 27 heavy (non-hydrogen) atoms. The first-order chi connectivity index (χ1) is 13.3. The van der Waals surface area contributed by atoms with E-state index in [0.717, 1.165) is 32.6 Å². The molecule has 5 nitrogen and oxygen atoms in total. The Kier molecular flexibility index (Phi) is 4.98. The first-order valence-corrected chi connectivity index (χ1v) is 9.32. The molecular formula is C21H17N5S. The van der Waals surface area contributed by atoms with Crippen LogP contribution in [0, 0.1) is 6.92 Å². The summed E-state index contributed by atoms with van der Waals surface area (Å²) in [4.78, 5) is 9.77. The fraction of sp³-hybridized carbons (Fsp3) is 0.0476. The van der Waals surface area contributed by atoms with Crippen LogP contribution in [-0.4, -0.2) is 9.55 Å². The van der Waals surface area contributed by atoms with Gasteiger partial charge in [-0.2, -0.15) is 0 Å². The van der Waals surface area contributed by atoms with Crippen LogP contribution in [0.15, 0.2) is 100 Å². The van der Waals surface area contributed by atoms with Gasteiger partial charge >= 0.3 is 0 Å². The zero-order valence-electron chi connectivity index (χ0n) is 14.7. The van der Waals surface area contributed by atoms with Crippen molar-refractivity contribution in [3.05, 3.63) is 95.7 Å². The van der Waals surface area contributed by atoms with Crippen LogP contribution in [0.1, 0.15) is 5.69 Å². The lowest BCUT2D eigenvalue weighted by Gasteiger charge is -2.05. The number of thiazole rings is 1. The molecule has 2 heterocycles. The van der Waals surface area contributed by atoms with E-state index in [1.54, 1.807) is 12.4 Å². The molecule has 0 radical (unpaired) electrons. The second-order valence-corrected chi connectivity index (χ2v) is 6.75. The maximum Gasteiger partial charge on any atom is 0.196 e. The number of benzene rings is 2. The number of para-hydroxylation sites is 1. The molecule has 4 aromatic rings. The molecule has 4 rings (SSSR count). The van der Waals surface area contributed by atoms with Gasteiger partial charge in [-0.1, -0.05) is 47.7 Å². The van der Waals surface area contributed by atoms with Crippen molar-refractivity contribution in [3.8, 4) is 5.69 Å². The Balaban J connectivity index is 1.85. The smallest absolute Gasteiger partial charge is 0.196 e. The van der Waals surface area contributed by atoms with Crippen LogP contribution >= 0.6 is 11.3 Å². The highest BCUT2D eigenvalue weighted by Crippen LogP contribution is 2.27. The van der Waals surface area contributed by atoms with Crippen LogP contribution < -0.4 is 4.80 Å². The second kappa shape index (κ2) is 7.88. The molecule has 0 aliphatic carbocycles. The molecule has 6 heteroatoms. The number of azo groups is 1. The third-order valence-electron chi connectivity index (χ3n) is 3.94. The topological polar surface area (TPSA) is 54.9 Å². The second-order valence-electron chi connectivity index (χ2n) is 5.80. The van der Waals surface area contributed by atoms with E-state index in [4.69, 9.17) is 4.99 Å². The summed E-state index contributed by atoms with van der Waals surface area (Å²) in [6.45, 7) is 2.03. The van der Waals surface area contributed by atoms with E-state index >= 15 is 0 Å². The number of aromatic nitrogens is 2. The first-order valence-electron chi connectivity index (χ1n) is 8.51. The average molecular weight is 371 g/mol. The Bertz CT molecular complexity index is 1110. The normalized spacial score (nSPS) is 12.0. The molecule has 0 aliphatic rings. The molecule has 2 aromatic carbocycles. The summed E-state index contributed by atoms with van der Waals surface area (Å²) in [7, 11) is 0. The number of hydrogen-bond acceptors (Lipinski definition) is 5. The quantitative estimate of drug-likeness (QED) is 0.413. The van der Waals surface area contributed by atoms with Gasteiger partial charge in [0.05, 0.1) is 22.8 Å². The lowest BCUT2D eigenvalue weighted by Crippen LogP contribution is -2.13. The molecule has 0 saturated heterocycles. The monoisotopic (exact) mass is 371 g/mol. The van der Waals surface area contributed by atoms with Crippen molar-refractivity contribution < 1.29 is 0 Å². The van der Waals surface area contributed by atoms with Crippen molar-refractivity contribution in [1.82, 2.24) is 9.55 Å². The SMILES string of the molecule is Cc1c(N=Nc2ccccc2)sc(=Nc2ccccc2)n1-c1ccncc1. The Morgan fingerprint density at radius 3 is 2.07 bits per heavy atom. The lowest BCUT2D eigenvalue weighted by molar-refractivity contribution is 0.946. The maximum atomic E-state index is 4.81. The van der Waals surface area contributed by atoms with Crippen molar-refractivity contribution >= 4 is 27.7 Å². The summed E-state index contributed by atoms with van der Waals surface area (Å²) in [5.41, 5.74) is 3.70. The van der Waals surface area contributed by atoms with Gasteiger partial charge in [-0.3, -0.25) is 9.55 Å². The molecule has 0 bridgehead atoms. The Labute approximate surface area is 161 Å². The number of nitrogens with zero attached hydrogens (tertiary/aromatic N) is 5. The molecule has 0 amide bonds. The number of rotatable bonds is 4. The van der Waals surface area contributed by atoms with Crippen LogP contribution in [0.2, 0.25) is 0 Å². The van der Waals surface area contributed by atoms with E-state index in [9.17, 15) is 0 Å². The third-order valence-corrected chi connectivity index (χ3v) is 4.97. The highest BCUT2D eigenvalue weighted by Gasteiger charge is 2.11. The summed E-state index contributed by atoms with van der Waals surface area (Å²) in [6.07, 6.45) is 3.55. The van der Waals surface area contributed by atoms with Crippen LogP contribution in [0.25, 0.3) is 5.69 Å². The molecule has 0 N–H and O–H groups in total. The minimum atomic E-state index is 0.822. The summed E-state index contributed by atoms with van der Waals surface area (Å²) in [5.74, 6) is 0. The minimum absolute atomic E-state index is 0.822. The predicted octanol–water partition coefficient (Wildman–Crippen LogP) is 5.89. The fourth-order valence-electron chi connectivity index (χ4n) is 2.62. The van der Waals surface area contributed by atoms with Gasteiger partial charge in [0, 0.05) is 12.4 Å². The van der Waals surface area contributed by atoms with Gasteiger partial charge in [0.1, 0.15) is 0 Å². The van der Waals surface area contributed by atoms with E-state index < -0.39 is 0 Å². The first kappa shape index (κ1) is 17.1. The highest BCUT2D eigenvalue weighted by molar-refractivity contribution is 7.13. The molecule has 0 spiro atoms.